The van der Waals surface area contributed by atoms with Crippen LogP contribution in [0.5, 0.6) is 0 Å². The number of imide groups is 1. The molecule has 0 saturated carbocycles. The molecule has 2 aliphatic rings. The van der Waals surface area contributed by atoms with E-state index in [0.29, 0.717) is 30.6 Å². The van der Waals surface area contributed by atoms with Crippen LogP contribution in [-0.2, 0) is 4.74 Å². The molecule has 8 heteroatoms. The summed E-state index contributed by atoms with van der Waals surface area (Å²) in [6.07, 6.45) is 2.60. The highest BCUT2D eigenvalue weighted by atomic mass is 79.9. The Morgan fingerprint density at radius 1 is 1.24 bits per heavy atom. The maximum atomic E-state index is 12.3. The Balaban J connectivity index is 1.40. The molecule has 0 bridgehead atoms. The van der Waals surface area contributed by atoms with Gasteiger partial charge >= 0.3 is 6.03 Å². The Hall–Kier alpha value is -1.93. The third kappa shape index (κ3) is 4.19. The summed E-state index contributed by atoms with van der Waals surface area (Å²) in [7, 11) is 0. The molecule has 1 saturated heterocycles. The van der Waals surface area contributed by atoms with Crippen molar-refractivity contribution >= 4 is 33.8 Å². The quantitative estimate of drug-likeness (QED) is 0.554. The first-order chi connectivity index (χ1) is 12.1. The molecule has 1 unspecified atom stereocenters. The maximum absolute atomic E-state index is 12.3. The van der Waals surface area contributed by atoms with E-state index in [2.05, 4.69) is 26.6 Å². The molecule has 0 spiro atoms. The molecule has 2 N–H and O–H groups in total. The number of carbonyl (C=O) groups is 3. The smallest absolute Gasteiger partial charge is 0.314 e. The van der Waals surface area contributed by atoms with Crippen LogP contribution in [-0.4, -0.2) is 55.1 Å². The van der Waals surface area contributed by atoms with Crippen molar-refractivity contribution in [1.82, 2.24) is 15.5 Å². The van der Waals surface area contributed by atoms with Crippen molar-refractivity contribution in [2.75, 3.05) is 26.2 Å². The van der Waals surface area contributed by atoms with Crippen molar-refractivity contribution in [3.05, 3.63) is 33.8 Å². The fourth-order valence-corrected chi connectivity index (χ4v) is 3.34. The summed E-state index contributed by atoms with van der Waals surface area (Å²) in [5, 5.41) is 5.49. The zero-order valence-corrected chi connectivity index (χ0v) is 15.3. The van der Waals surface area contributed by atoms with Crippen LogP contribution in [0.2, 0.25) is 0 Å². The Labute approximate surface area is 154 Å². The number of hydrogen-bond acceptors (Lipinski definition) is 4. The summed E-state index contributed by atoms with van der Waals surface area (Å²) in [6, 6.07) is 4.79. The zero-order valence-electron chi connectivity index (χ0n) is 13.7. The number of urea groups is 1. The average Bonchev–Trinajstić information content (AvgIpc) is 3.19. The predicted molar refractivity (Wildman–Crippen MR) is 94.5 cm³/mol. The molecule has 4 amide bonds. The molecular weight excluding hydrogens is 390 g/mol. The largest absolute Gasteiger partial charge is 0.376 e. The Kier molecular flexibility index (Phi) is 5.70. The molecule has 7 nitrogen and oxygen atoms in total. The van der Waals surface area contributed by atoms with Crippen LogP contribution in [0.1, 0.15) is 40.0 Å². The molecular formula is C17H20BrN3O4. The molecule has 1 aromatic rings. The van der Waals surface area contributed by atoms with Crippen LogP contribution in [0.3, 0.4) is 0 Å². The topological polar surface area (TPSA) is 87.7 Å². The van der Waals surface area contributed by atoms with Crippen LogP contribution in [0.15, 0.2) is 22.7 Å². The van der Waals surface area contributed by atoms with E-state index in [4.69, 9.17) is 4.74 Å². The van der Waals surface area contributed by atoms with Gasteiger partial charge in [0.15, 0.2) is 0 Å². The normalized spacial score (nSPS) is 19.2. The molecule has 2 heterocycles. The highest BCUT2D eigenvalue weighted by Gasteiger charge is 2.34. The number of benzene rings is 1. The highest BCUT2D eigenvalue weighted by Crippen LogP contribution is 2.25. The molecule has 1 aromatic carbocycles. The minimum atomic E-state index is -0.288. The second-order valence-corrected chi connectivity index (χ2v) is 6.99. The molecule has 25 heavy (non-hydrogen) atoms. The van der Waals surface area contributed by atoms with Crippen molar-refractivity contribution in [2.45, 2.75) is 25.4 Å². The third-order valence-electron chi connectivity index (χ3n) is 4.29. The lowest BCUT2D eigenvalue weighted by molar-refractivity contribution is 0.0653. The van der Waals surface area contributed by atoms with E-state index in [9.17, 15) is 14.4 Å². The van der Waals surface area contributed by atoms with Gasteiger partial charge < -0.3 is 15.4 Å². The lowest BCUT2D eigenvalue weighted by Crippen LogP contribution is -2.41. The summed E-state index contributed by atoms with van der Waals surface area (Å²) >= 11 is 3.31. The fourth-order valence-electron chi connectivity index (χ4n) is 2.98. The number of nitrogens with one attached hydrogen (secondary N) is 2. The number of rotatable bonds is 6. The van der Waals surface area contributed by atoms with Crippen LogP contribution >= 0.6 is 15.9 Å². The SMILES string of the molecule is O=C(NCCCN1C(=O)c2ccc(Br)cc2C1=O)NCC1CCCO1. The first-order valence-corrected chi connectivity index (χ1v) is 9.14. The second-order valence-electron chi connectivity index (χ2n) is 6.08. The van der Waals surface area contributed by atoms with Gasteiger partial charge in [0.05, 0.1) is 17.2 Å². The molecule has 2 aliphatic heterocycles. The van der Waals surface area contributed by atoms with E-state index < -0.39 is 0 Å². The number of fused-ring (bicyclic) bond motifs is 1. The maximum Gasteiger partial charge on any atom is 0.314 e. The molecule has 3 rings (SSSR count). The fraction of sp³-hybridized carbons (Fsp3) is 0.471. The number of amides is 4. The van der Waals surface area contributed by atoms with Crippen LogP contribution in [0.25, 0.3) is 0 Å². The van der Waals surface area contributed by atoms with Gasteiger partial charge in [0.25, 0.3) is 11.8 Å². The van der Waals surface area contributed by atoms with E-state index in [0.717, 1.165) is 23.9 Å². The summed E-state index contributed by atoms with van der Waals surface area (Å²) in [5.74, 6) is -0.570. The van der Waals surface area contributed by atoms with Gasteiger partial charge in [-0.05, 0) is 37.5 Å². The van der Waals surface area contributed by atoms with Gasteiger partial charge in [-0.15, -0.1) is 0 Å². The van der Waals surface area contributed by atoms with Crippen molar-refractivity contribution < 1.29 is 19.1 Å². The third-order valence-corrected chi connectivity index (χ3v) is 4.78. The molecule has 0 aliphatic carbocycles. The first-order valence-electron chi connectivity index (χ1n) is 8.35. The predicted octanol–water partition coefficient (Wildman–Crippen LogP) is 1.91. The zero-order chi connectivity index (χ0) is 17.8. The number of carbonyl (C=O) groups excluding carboxylic acids is 3. The molecule has 1 atom stereocenters. The van der Waals surface area contributed by atoms with Gasteiger partial charge in [0.2, 0.25) is 0 Å². The van der Waals surface area contributed by atoms with E-state index in [1.807, 2.05) is 0 Å². The van der Waals surface area contributed by atoms with Gasteiger partial charge in [-0.25, -0.2) is 4.79 Å². The Bertz CT molecular complexity index is 688. The summed E-state index contributed by atoms with van der Waals surface area (Å²) in [5.41, 5.74) is 0.845. The van der Waals surface area contributed by atoms with E-state index in [-0.39, 0.29) is 30.5 Å². The summed E-state index contributed by atoms with van der Waals surface area (Å²) in [4.78, 5) is 37.5. The number of ether oxygens (including phenoxy) is 1. The molecule has 1 fully saturated rings. The number of nitrogens with zero attached hydrogens (tertiary/aromatic N) is 1. The van der Waals surface area contributed by atoms with Gasteiger partial charge in [-0.2, -0.15) is 0 Å². The van der Waals surface area contributed by atoms with Crippen LogP contribution in [0.4, 0.5) is 4.79 Å². The van der Waals surface area contributed by atoms with Crippen molar-refractivity contribution in [3.63, 3.8) is 0 Å². The van der Waals surface area contributed by atoms with E-state index in [1.54, 1.807) is 18.2 Å². The minimum Gasteiger partial charge on any atom is -0.376 e. The monoisotopic (exact) mass is 409 g/mol. The van der Waals surface area contributed by atoms with Crippen LogP contribution < -0.4 is 10.6 Å². The average molecular weight is 410 g/mol. The first kappa shape index (κ1) is 17.9. The van der Waals surface area contributed by atoms with Gasteiger partial charge in [0.1, 0.15) is 0 Å². The van der Waals surface area contributed by atoms with Crippen molar-refractivity contribution in [2.24, 2.45) is 0 Å². The van der Waals surface area contributed by atoms with E-state index in [1.165, 1.54) is 4.90 Å². The van der Waals surface area contributed by atoms with E-state index >= 15 is 0 Å². The molecule has 0 radical (unpaired) electrons. The number of hydrogen-bond donors (Lipinski definition) is 2. The van der Waals surface area contributed by atoms with Gasteiger partial charge in [0, 0.05) is 30.7 Å². The standard InChI is InChI=1S/C17H20BrN3O4/c18-11-4-5-13-14(9-11)16(23)21(15(13)22)7-2-6-19-17(24)20-10-12-3-1-8-25-12/h4-5,9,12H,1-3,6-8,10H2,(H2,19,20,24). The molecule has 134 valence electrons. The van der Waals surface area contributed by atoms with Crippen LogP contribution in [0, 0.1) is 0 Å². The Morgan fingerprint density at radius 3 is 2.80 bits per heavy atom. The minimum absolute atomic E-state index is 0.100. The lowest BCUT2D eigenvalue weighted by Gasteiger charge is -2.14. The second kappa shape index (κ2) is 7.97. The highest BCUT2D eigenvalue weighted by molar-refractivity contribution is 9.10. The number of halogens is 1. The molecule has 0 aromatic heterocycles. The van der Waals surface area contributed by atoms with Crippen molar-refractivity contribution in [1.29, 1.82) is 0 Å². The Morgan fingerprint density at radius 2 is 2.04 bits per heavy atom. The van der Waals surface area contributed by atoms with Gasteiger partial charge in [-0.3, -0.25) is 14.5 Å². The van der Waals surface area contributed by atoms with Crippen molar-refractivity contribution in [3.8, 4) is 0 Å². The van der Waals surface area contributed by atoms with Gasteiger partial charge in [-0.1, -0.05) is 15.9 Å². The lowest BCUT2D eigenvalue weighted by atomic mass is 10.1. The summed E-state index contributed by atoms with van der Waals surface area (Å²) < 4.78 is 6.19. The summed E-state index contributed by atoms with van der Waals surface area (Å²) in [6.45, 7) is 1.91.